The summed E-state index contributed by atoms with van der Waals surface area (Å²) in [6.45, 7) is 6.46. The van der Waals surface area contributed by atoms with Gasteiger partial charge in [0.05, 0.1) is 11.5 Å². The predicted molar refractivity (Wildman–Crippen MR) is 151 cm³/mol. The van der Waals surface area contributed by atoms with Gasteiger partial charge in [-0.05, 0) is 61.1 Å². The second kappa shape index (κ2) is 15.3. The van der Waals surface area contributed by atoms with E-state index >= 15 is 0 Å². The van der Waals surface area contributed by atoms with Crippen molar-refractivity contribution in [3.8, 4) is 0 Å². The van der Waals surface area contributed by atoms with E-state index in [-0.39, 0.29) is 23.3 Å². The average molecular weight is 545 g/mol. The van der Waals surface area contributed by atoms with Gasteiger partial charge < -0.3 is 25.9 Å². The third-order valence-corrected chi connectivity index (χ3v) is 8.16. The summed E-state index contributed by atoms with van der Waals surface area (Å²) in [6.07, 6.45) is 4.90. The van der Waals surface area contributed by atoms with Crippen molar-refractivity contribution >= 4 is 39.3 Å². The molecule has 0 unspecified atom stereocenters. The molecule has 0 fully saturated rings. The number of rotatable bonds is 14. The number of carbonyl (C=O) groups is 2. The molecule has 0 bridgehead atoms. The van der Waals surface area contributed by atoms with Crippen LogP contribution >= 0.6 is 0 Å². The lowest BCUT2D eigenvalue weighted by atomic mass is 10.1. The molecule has 1 atom stereocenters. The Labute approximate surface area is 225 Å². The molecule has 3 rings (SSSR count). The standard InChI is InChI=1S/C27H38N4O4S.CH2O/c1-20(2)18-31(36(34,35)24-13-11-22(28)12-14-24)23(19-32)7-5-6-16-29-27(33)15-10-21-17-30-26-9-4-3-8-25(21)26;1-2/h3-4,8-9,11-14,17,20,23,30,32H,5-7,10,15-16,18-19,28H2,1-2H3,(H,29,33);1H2/t23-;/m0./s1. The number of sulfonamides is 1. The minimum atomic E-state index is -3.78. The highest BCUT2D eigenvalue weighted by Crippen LogP contribution is 2.23. The highest BCUT2D eigenvalue weighted by molar-refractivity contribution is 7.89. The molecule has 0 aliphatic carbocycles. The lowest BCUT2D eigenvalue weighted by Gasteiger charge is -2.31. The molecule has 0 saturated carbocycles. The van der Waals surface area contributed by atoms with E-state index < -0.39 is 16.1 Å². The van der Waals surface area contributed by atoms with E-state index in [0.717, 1.165) is 16.5 Å². The van der Waals surface area contributed by atoms with E-state index in [4.69, 9.17) is 10.5 Å². The minimum Gasteiger partial charge on any atom is -0.399 e. The number of hydrogen-bond donors (Lipinski definition) is 4. The normalized spacial score (nSPS) is 12.3. The first-order valence-corrected chi connectivity index (χ1v) is 14.2. The number of para-hydroxylation sites is 1. The fourth-order valence-corrected chi connectivity index (χ4v) is 6.12. The number of anilines is 1. The highest BCUT2D eigenvalue weighted by atomic mass is 32.2. The zero-order chi connectivity index (χ0) is 28.1. The second-order valence-corrected chi connectivity index (χ2v) is 11.5. The highest BCUT2D eigenvalue weighted by Gasteiger charge is 2.31. The molecule has 38 heavy (non-hydrogen) atoms. The molecule has 0 spiro atoms. The van der Waals surface area contributed by atoms with Crippen LogP contribution in [0.15, 0.2) is 59.6 Å². The fraction of sp³-hybridized carbons (Fsp3) is 0.429. The Kier molecular flexibility index (Phi) is 12.5. The van der Waals surface area contributed by atoms with E-state index in [1.165, 1.54) is 16.4 Å². The van der Waals surface area contributed by atoms with Gasteiger partial charge in [-0.2, -0.15) is 4.31 Å². The van der Waals surface area contributed by atoms with Crippen LogP contribution < -0.4 is 11.1 Å². The Bertz CT molecular complexity index is 1240. The first kappa shape index (κ1) is 31.0. The summed E-state index contributed by atoms with van der Waals surface area (Å²) < 4.78 is 28.1. The SMILES string of the molecule is C=O.CC(C)CN([C@H](CO)CCCCNC(=O)CCc1c[nH]c2ccccc12)S(=O)(=O)c1ccc(N)cc1. The van der Waals surface area contributed by atoms with Crippen molar-refractivity contribution in [3.63, 3.8) is 0 Å². The van der Waals surface area contributed by atoms with Crippen LogP contribution in [-0.2, 0) is 26.0 Å². The number of unbranched alkanes of at least 4 members (excludes halogenated alkanes) is 1. The zero-order valence-electron chi connectivity index (χ0n) is 22.2. The fourth-order valence-electron chi connectivity index (χ4n) is 4.31. The number of aliphatic hydroxyl groups is 1. The van der Waals surface area contributed by atoms with E-state index in [0.29, 0.717) is 50.9 Å². The molecule has 5 N–H and O–H groups in total. The number of hydrogen-bond acceptors (Lipinski definition) is 6. The van der Waals surface area contributed by atoms with Crippen molar-refractivity contribution in [1.82, 2.24) is 14.6 Å². The largest absolute Gasteiger partial charge is 0.399 e. The number of benzene rings is 2. The molecule has 0 radical (unpaired) electrons. The molecule has 1 aromatic heterocycles. The van der Waals surface area contributed by atoms with Gasteiger partial charge in [0.15, 0.2) is 0 Å². The average Bonchev–Trinajstić information content (AvgIpc) is 3.33. The summed E-state index contributed by atoms with van der Waals surface area (Å²) in [5, 5.41) is 14.1. The van der Waals surface area contributed by atoms with Gasteiger partial charge in [-0.15, -0.1) is 0 Å². The maximum Gasteiger partial charge on any atom is 0.243 e. The summed E-state index contributed by atoms with van der Waals surface area (Å²) in [4.78, 5) is 23.7. The molecular weight excluding hydrogens is 504 g/mol. The number of H-pyrrole nitrogens is 1. The first-order chi connectivity index (χ1) is 18.2. The van der Waals surface area contributed by atoms with Crippen molar-refractivity contribution in [2.75, 3.05) is 25.4 Å². The number of aryl methyl sites for hydroxylation is 1. The van der Waals surface area contributed by atoms with Crippen molar-refractivity contribution in [2.24, 2.45) is 5.92 Å². The van der Waals surface area contributed by atoms with Gasteiger partial charge in [0.25, 0.3) is 0 Å². The Hall–Kier alpha value is -3.21. The van der Waals surface area contributed by atoms with E-state index in [9.17, 15) is 18.3 Å². The van der Waals surface area contributed by atoms with Gasteiger partial charge in [-0.1, -0.05) is 38.5 Å². The van der Waals surface area contributed by atoms with E-state index in [2.05, 4.69) is 10.3 Å². The molecule has 1 heterocycles. The summed E-state index contributed by atoms with van der Waals surface area (Å²) in [7, 11) is -3.78. The van der Waals surface area contributed by atoms with Crippen LogP contribution in [-0.4, -0.2) is 61.2 Å². The van der Waals surface area contributed by atoms with Gasteiger partial charge in [0.2, 0.25) is 15.9 Å². The lowest BCUT2D eigenvalue weighted by Crippen LogP contribution is -2.44. The molecule has 3 aromatic rings. The quantitative estimate of drug-likeness (QED) is 0.181. The Morgan fingerprint density at radius 3 is 2.45 bits per heavy atom. The van der Waals surface area contributed by atoms with Crippen LogP contribution in [0.4, 0.5) is 5.69 Å². The van der Waals surface area contributed by atoms with Gasteiger partial charge in [-0.3, -0.25) is 4.79 Å². The van der Waals surface area contributed by atoms with Crippen LogP contribution in [0, 0.1) is 5.92 Å². The number of aromatic nitrogens is 1. The summed E-state index contributed by atoms with van der Waals surface area (Å²) in [5.41, 5.74) is 8.40. The molecule has 0 saturated heterocycles. The number of amides is 1. The van der Waals surface area contributed by atoms with Crippen LogP contribution in [0.2, 0.25) is 0 Å². The molecule has 9 nitrogen and oxygen atoms in total. The molecule has 1 amide bonds. The Morgan fingerprint density at radius 2 is 1.79 bits per heavy atom. The number of nitrogens with two attached hydrogens (primary N) is 1. The van der Waals surface area contributed by atoms with Crippen molar-refractivity contribution in [2.45, 2.75) is 56.9 Å². The summed E-state index contributed by atoms with van der Waals surface area (Å²) in [5.74, 6) is 0.0883. The van der Waals surface area contributed by atoms with E-state index in [1.807, 2.05) is 51.1 Å². The zero-order valence-corrected chi connectivity index (χ0v) is 23.0. The van der Waals surface area contributed by atoms with Crippen LogP contribution in [0.3, 0.4) is 0 Å². The first-order valence-electron chi connectivity index (χ1n) is 12.8. The number of aliphatic hydroxyl groups excluding tert-OH is 1. The predicted octanol–water partition coefficient (Wildman–Crippen LogP) is 3.49. The molecule has 10 heteroatoms. The van der Waals surface area contributed by atoms with Gasteiger partial charge >= 0.3 is 0 Å². The molecule has 208 valence electrons. The van der Waals surface area contributed by atoms with Crippen LogP contribution in [0.25, 0.3) is 10.9 Å². The van der Waals surface area contributed by atoms with E-state index in [1.54, 1.807) is 12.1 Å². The number of nitrogens with zero attached hydrogens (tertiary/aromatic N) is 1. The number of fused-ring (bicyclic) bond motifs is 1. The number of nitrogen functional groups attached to an aromatic ring is 1. The van der Waals surface area contributed by atoms with Gasteiger partial charge in [0.1, 0.15) is 6.79 Å². The minimum absolute atomic E-state index is 0.00801. The van der Waals surface area contributed by atoms with Crippen LogP contribution in [0.1, 0.15) is 45.1 Å². The number of carbonyl (C=O) groups excluding carboxylic acids is 2. The Balaban J connectivity index is 0.00000247. The topological polar surface area (TPSA) is 146 Å². The summed E-state index contributed by atoms with van der Waals surface area (Å²) >= 11 is 0. The van der Waals surface area contributed by atoms with Gasteiger partial charge in [0, 0.05) is 48.3 Å². The van der Waals surface area contributed by atoms with Crippen molar-refractivity contribution in [1.29, 1.82) is 0 Å². The smallest absolute Gasteiger partial charge is 0.243 e. The third kappa shape index (κ3) is 8.68. The summed E-state index contributed by atoms with van der Waals surface area (Å²) in [6, 6.07) is 13.6. The van der Waals surface area contributed by atoms with Crippen LogP contribution in [0.5, 0.6) is 0 Å². The maximum absolute atomic E-state index is 13.3. The van der Waals surface area contributed by atoms with Gasteiger partial charge in [-0.25, -0.2) is 8.42 Å². The molecule has 2 aromatic carbocycles. The number of aromatic amines is 1. The number of nitrogens with one attached hydrogen (secondary N) is 2. The Morgan fingerprint density at radius 1 is 1.11 bits per heavy atom. The molecular formula is C28H40N4O5S. The monoisotopic (exact) mass is 544 g/mol. The maximum atomic E-state index is 13.3. The molecule has 0 aliphatic heterocycles. The third-order valence-electron chi connectivity index (χ3n) is 6.23. The second-order valence-electron chi connectivity index (χ2n) is 9.58. The molecule has 0 aliphatic rings. The lowest BCUT2D eigenvalue weighted by molar-refractivity contribution is -0.121. The van der Waals surface area contributed by atoms with Crippen molar-refractivity contribution < 1.29 is 23.1 Å². The van der Waals surface area contributed by atoms with Crippen molar-refractivity contribution in [3.05, 3.63) is 60.3 Å².